The van der Waals surface area contributed by atoms with Crippen LogP contribution in [0.5, 0.6) is 0 Å². The number of aryl methyl sites for hydroxylation is 1. The molecule has 1 unspecified atom stereocenters. The zero-order valence-electron chi connectivity index (χ0n) is 11.2. The normalized spacial score (nSPS) is 13.9. The number of aromatic nitrogens is 4. The van der Waals surface area contributed by atoms with Gasteiger partial charge in [0.15, 0.2) is 5.82 Å². The summed E-state index contributed by atoms with van der Waals surface area (Å²) < 4.78 is 54.0. The molecule has 1 aromatic heterocycles. The van der Waals surface area contributed by atoms with E-state index in [1.165, 1.54) is 4.80 Å². The van der Waals surface area contributed by atoms with Crippen molar-refractivity contribution in [1.82, 2.24) is 25.5 Å². The lowest BCUT2D eigenvalue weighted by Gasteiger charge is -2.19. The first kappa shape index (κ1) is 16.8. The molecule has 1 N–H and O–H groups in total. The van der Waals surface area contributed by atoms with Gasteiger partial charge in [0.2, 0.25) is 0 Å². The van der Waals surface area contributed by atoms with Crippen LogP contribution in [-0.2, 0) is 18.2 Å². The second-order valence-corrected chi connectivity index (χ2v) is 4.23. The molecule has 116 valence electrons. The van der Waals surface area contributed by atoms with Crippen molar-refractivity contribution in [1.29, 1.82) is 0 Å². The SMILES string of the molecule is CCNC(COCC(F)(F)C(F)F)Cc1nnn(C)n1. The quantitative estimate of drug-likeness (QED) is 0.678. The fourth-order valence-electron chi connectivity index (χ4n) is 1.50. The average molecular weight is 299 g/mol. The third kappa shape index (κ3) is 5.37. The Balaban J connectivity index is 2.43. The minimum absolute atomic E-state index is 0.144. The Morgan fingerprint density at radius 3 is 2.60 bits per heavy atom. The summed E-state index contributed by atoms with van der Waals surface area (Å²) in [6.07, 6.45) is -3.43. The fourth-order valence-corrected chi connectivity index (χ4v) is 1.50. The van der Waals surface area contributed by atoms with Crippen LogP contribution in [0.3, 0.4) is 0 Å². The van der Waals surface area contributed by atoms with Gasteiger partial charge in [-0.3, -0.25) is 0 Å². The summed E-state index contributed by atoms with van der Waals surface area (Å²) in [4.78, 5) is 1.27. The van der Waals surface area contributed by atoms with Crippen LogP contribution < -0.4 is 5.32 Å². The number of tetrazole rings is 1. The standard InChI is InChI=1S/C10H17F4N5O/c1-3-15-7(4-8-16-18-19(2)17-8)5-20-6-10(13,14)9(11)12/h7,9,15H,3-6H2,1-2H3. The minimum Gasteiger partial charge on any atom is -0.373 e. The van der Waals surface area contributed by atoms with Crippen molar-refractivity contribution >= 4 is 0 Å². The van der Waals surface area contributed by atoms with E-state index in [0.29, 0.717) is 18.8 Å². The van der Waals surface area contributed by atoms with E-state index < -0.39 is 19.0 Å². The lowest BCUT2D eigenvalue weighted by Crippen LogP contribution is -2.39. The molecule has 0 radical (unpaired) electrons. The highest BCUT2D eigenvalue weighted by atomic mass is 19.3. The van der Waals surface area contributed by atoms with E-state index in [2.05, 4.69) is 25.5 Å². The molecule has 0 spiro atoms. The molecule has 1 atom stereocenters. The van der Waals surface area contributed by atoms with Crippen molar-refractivity contribution in [2.24, 2.45) is 7.05 Å². The first-order chi connectivity index (χ1) is 9.35. The van der Waals surface area contributed by atoms with Gasteiger partial charge in [-0.05, 0) is 11.8 Å². The topological polar surface area (TPSA) is 64.9 Å². The summed E-state index contributed by atoms with van der Waals surface area (Å²) in [5.41, 5.74) is 0. The van der Waals surface area contributed by atoms with E-state index in [-0.39, 0.29) is 12.6 Å². The number of alkyl halides is 4. The highest BCUT2D eigenvalue weighted by Gasteiger charge is 2.41. The van der Waals surface area contributed by atoms with E-state index in [9.17, 15) is 17.6 Å². The summed E-state index contributed by atoms with van der Waals surface area (Å²) in [6, 6.07) is -0.349. The van der Waals surface area contributed by atoms with Crippen LogP contribution in [0.15, 0.2) is 0 Å². The summed E-state index contributed by atoms with van der Waals surface area (Å²) in [6.45, 7) is 0.930. The molecule has 0 saturated carbocycles. The van der Waals surface area contributed by atoms with Gasteiger partial charge >= 0.3 is 12.3 Å². The van der Waals surface area contributed by atoms with Gasteiger partial charge in [-0.2, -0.15) is 13.6 Å². The molecule has 0 saturated heterocycles. The van der Waals surface area contributed by atoms with Crippen molar-refractivity contribution in [3.8, 4) is 0 Å². The van der Waals surface area contributed by atoms with Gasteiger partial charge in [-0.1, -0.05) is 6.92 Å². The van der Waals surface area contributed by atoms with Crippen LogP contribution in [-0.4, -0.2) is 58.4 Å². The third-order valence-corrected chi connectivity index (χ3v) is 2.40. The monoisotopic (exact) mass is 299 g/mol. The molecule has 0 aromatic carbocycles. The largest absolute Gasteiger partial charge is 0.373 e. The minimum atomic E-state index is -4.14. The van der Waals surface area contributed by atoms with Gasteiger partial charge in [0, 0.05) is 12.5 Å². The van der Waals surface area contributed by atoms with Crippen molar-refractivity contribution in [2.75, 3.05) is 19.8 Å². The number of ether oxygens (including phenoxy) is 1. The number of hydrogen-bond donors (Lipinski definition) is 1. The summed E-state index contributed by atoms with van der Waals surface area (Å²) in [5, 5.41) is 14.3. The molecular formula is C10H17F4N5O. The number of likely N-dealkylation sites (N-methyl/N-ethyl adjacent to an activating group) is 1. The molecule has 0 fully saturated rings. The first-order valence-corrected chi connectivity index (χ1v) is 6.05. The fraction of sp³-hybridized carbons (Fsp3) is 0.900. The Morgan fingerprint density at radius 2 is 2.10 bits per heavy atom. The molecule has 1 heterocycles. The van der Waals surface area contributed by atoms with Crippen molar-refractivity contribution < 1.29 is 22.3 Å². The van der Waals surface area contributed by atoms with Gasteiger partial charge in [0.05, 0.1) is 13.7 Å². The third-order valence-electron chi connectivity index (χ3n) is 2.40. The summed E-state index contributed by atoms with van der Waals surface area (Å²) in [7, 11) is 1.60. The molecule has 0 aliphatic rings. The Morgan fingerprint density at radius 1 is 1.40 bits per heavy atom. The first-order valence-electron chi connectivity index (χ1n) is 6.05. The molecular weight excluding hydrogens is 282 g/mol. The smallest absolute Gasteiger partial charge is 0.330 e. The van der Waals surface area contributed by atoms with Gasteiger partial charge in [0.1, 0.15) is 6.61 Å². The van der Waals surface area contributed by atoms with Crippen molar-refractivity contribution in [2.45, 2.75) is 31.7 Å². The van der Waals surface area contributed by atoms with E-state index in [1.807, 2.05) is 6.92 Å². The number of halogens is 4. The lowest BCUT2D eigenvalue weighted by molar-refractivity contribution is -0.167. The van der Waals surface area contributed by atoms with Crippen LogP contribution in [0.2, 0.25) is 0 Å². The van der Waals surface area contributed by atoms with Gasteiger partial charge in [-0.15, -0.1) is 10.2 Å². The van der Waals surface area contributed by atoms with Gasteiger partial charge in [-0.25, -0.2) is 8.78 Å². The van der Waals surface area contributed by atoms with Crippen LogP contribution in [0.4, 0.5) is 17.6 Å². The average Bonchev–Trinajstić information content (AvgIpc) is 2.74. The maximum Gasteiger partial charge on any atom is 0.330 e. The van der Waals surface area contributed by atoms with E-state index in [0.717, 1.165) is 0 Å². The maximum atomic E-state index is 12.7. The number of rotatable bonds is 9. The predicted octanol–water partition coefficient (Wildman–Crippen LogP) is 0.648. The summed E-state index contributed by atoms with van der Waals surface area (Å²) >= 11 is 0. The zero-order valence-corrected chi connectivity index (χ0v) is 11.2. The molecule has 20 heavy (non-hydrogen) atoms. The summed E-state index contributed by atoms with van der Waals surface area (Å²) in [5.74, 6) is -3.72. The molecule has 0 aliphatic heterocycles. The highest BCUT2D eigenvalue weighted by Crippen LogP contribution is 2.22. The van der Waals surface area contributed by atoms with Crippen LogP contribution >= 0.6 is 0 Å². The van der Waals surface area contributed by atoms with Crippen LogP contribution in [0, 0.1) is 0 Å². The molecule has 6 nitrogen and oxygen atoms in total. The molecule has 0 bridgehead atoms. The van der Waals surface area contributed by atoms with E-state index >= 15 is 0 Å². The number of nitrogens with zero attached hydrogens (tertiary/aromatic N) is 4. The van der Waals surface area contributed by atoms with Crippen molar-refractivity contribution in [3.63, 3.8) is 0 Å². The Kier molecular flexibility index (Phi) is 6.27. The maximum absolute atomic E-state index is 12.7. The van der Waals surface area contributed by atoms with E-state index in [4.69, 9.17) is 0 Å². The van der Waals surface area contributed by atoms with Gasteiger partial charge in [0.25, 0.3) is 0 Å². The Hall–Kier alpha value is -1.29. The highest BCUT2D eigenvalue weighted by molar-refractivity contribution is 4.84. The molecule has 1 rings (SSSR count). The Bertz CT molecular complexity index is 401. The molecule has 0 amide bonds. The number of hydrogen-bond acceptors (Lipinski definition) is 5. The van der Waals surface area contributed by atoms with Crippen LogP contribution in [0.25, 0.3) is 0 Å². The second-order valence-electron chi connectivity index (χ2n) is 4.23. The van der Waals surface area contributed by atoms with Crippen LogP contribution in [0.1, 0.15) is 12.7 Å². The van der Waals surface area contributed by atoms with E-state index in [1.54, 1.807) is 7.05 Å². The Labute approximate surface area is 113 Å². The molecule has 10 heteroatoms. The lowest BCUT2D eigenvalue weighted by atomic mass is 10.2. The zero-order chi connectivity index (χ0) is 15.2. The molecule has 0 aliphatic carbocycles. The number of nitrogens with one attached hydrogen (secondary N) is 1. The predicted molar refractivity (Wildman–Crippen MR) is 61.7 cm³/mol. The van der Waals surface area contributed by atoms with Crippen molar-refractivity contribution in [3.05, 3.63) is 5.82 Å². The second kappa shape index (κ2) is 7.48. The molecule has 1 aromatic rings. The van der Waals surface area contributed by atoms with Gasteiger partial charge < -0.3 is 10.1 Å².